The zero-order chi connectivity index (χ0) is 29.6. The summed E-state index contributed by atoms with van der Waals surface area (Å²) in [4.78, 5) is 36.6. The molecular formula is C33H51NO6. The van der Waals surface area contributed by atoms with E-state index in [0.717, 1.165) is 56.1 Å². The molecule has 224 valence electrons. The van der Waals surface area contributed by atoms with Crippen LogP contribution in [0.4, 0.5) is 0 Å². The van der Waals surface area contributed by atoms with Gasteiger partial charge in [-0.25, -0.2) is 0 Å². The Bertz CT molecular complexity index is 1140. The molecule has 0 bridgehead atoms. The molecule has 0 unspecified atom stereocenters. The van der Waals surface area contributed by atoms with E-state index in [0.29, 0.717) is 18.3 Å². The van der Waals surface area contributed by atoms with Crippen LogP contribution in [0.15, 0.2) is 11.1 Å². The third kappa shape index (κ3) is 3.84. The number of ether oxygens (including phenoxy) is 1. The summed E-state index contributed by atoms with van der Waals surface area (Å²) in [5.74, 6) is 1.04. The van der Waals surface area contributed by atoms with E-state index in [2.05, 4.69) is 48.5 Å². The fraction of sp³-hybridized carbons (Fsp3) is 0.879. The van der Waals surface area contributed by atoms with Gasteiger partial charge in [-0.1, -0.05) is 54.0 Å². The highest BCUT2D eigenvalue weighted by Gasteiger charge is 2.71. The van der Waals surface area contributed by atoms with E-state index in [9.17, 15) is 24.8 Å². The number of aliphatic hydroxyl groups is 1. The lowest BCUT2D eigenvalue weighted by Crippen LogP contribution is -2.66. The van der Waals surface area contributed by atoms with E-state index in [1.54, 1.807) is 0 Å². The molecular weight excluding hydrogens is 506 g/mol. The van der Waals surface area contributed by atoms with Crippen LogP contribution in [0.2, 0.25) is 0 Å². The second-order valence-corrected chi connectivity index (χ2v) is 15.8. The first-order chi connectivity index (χ1) is 18.5. The molecule has 0 saturated heterocycles. The van der Waals surface area contributed by atoms with Crippen LogP contribution in [-0.4, -0.2) is 40.5 Å². The van der Waals surface area contributed by atoms with Gasteiger partial charge in [0, 0.05) is 29.1 Å². The zero-order valence-electron chi connectivity index (χ0n) is 26.0. The standard InChI is InChI=1S/C33H51NO6/c1-19(2)27-22(36)17-33(25(37)18-34(38)39)16-15-31(7)21(28(27)33)9-10-24-30(6)13-12-26(40-20(3)35)29(4,5)23(30)11-14-32(24,31)8/h19,21,23-26,37H,9-18H2,1-8H3/t21-,23-,24-,25-,26+,30+,31-,32-,33+/m1/s1. The summed E-state index contributed by atoms with van der Waals surface area (Å²) in [6.07, 6.45) is 6.65. The lowest BCUT2D eigenvalue weighted by Gasteiger charge is -2.72. The minimum atomic E-state index is -1.14. The summed E-state index contributed by atoms with van der Waals surface area (Å²) in [5, 5.41) is 22.9. The van der Waals surface area contributed by atoms with Crippen molar-refractivity contribution in [3.63, 3.8) is 0 Å². The Morgan fingerprint density at radius 3 is 2.27 bits per heavy atom. The molecule has 40 heavy (non-hydrogen) atoms. The number of allylic oxidation sites excluding steroid dienone is 1. The van der Waals surface area contributed by atoms with Crippen molar-refractivity contribution in [3.8, 4) is 0 Å². The van der Waals surface area contributed by atoms with Gasteiger partial charge in [-0.05, 0) is 96.9 Å². The van der Waals surface area contributed by atoms with Crippen LogP contribution >= 0.6 is 0 Å². The van der Waals surface area contributed by atoms with E-state index in [4.69, 9.17) is 4.74 Å². The number of ketones is 1. The molecule has 0 aromatic carbocycles. The second kappa shape index (κ2) is 9.37. The summed E-state index contributed by atoms with van der Waals surface area (Å²) in [6, 6.07) is 0. The van der Waals surface area contributed by atoms with Gasteiger partial charge in [-0.3, -0.25) is 19.7 Å². The Labute approximate surface area is 240 Å². The normalized spacial score (nSPS) is 44.8. The topological polar surface area (TPSA) is 107 Å². The van der Waals surface area contributed by atoms with Gasteiger partial charge in [0.1, 0.15) is 12.2 Å². The Morgan fingerprint density at radius 1 is 1.00 bits per heavy atom. The molecule has 0 heterocycles. The maximum atomic E-state index is 13.6. The fourth-order valence-electron chi connectivity index (χ4n) is 11.8. The first-order valence-corrected chi connectivity index (χ1v) is 15.7. The number of Topliss-reactive ketones (excluding diaryl/α,β-unsaturated/α-hetero) is 1. The molecule has 7 heteroatoms. The SMILES string of the molecule is CC(=O)O[C@H]1CC[C@@]2(C)[C@H](CC[C@]3(C)[C@@H]2CC[C@@H]2C4=C(C(C)C)C(=O)C[C@]4([C@H](O)C[N+](=O)[O-])CC[C@]23C)C1(C)C. The van der Waals surface area contributed by atoms with Gasteiger partial charge in [-0.2, -0.15) is 0 Å². The number of esters is 1. The lowest BCUT2D eigenvalue weighted by molar-refractivity contribution is -0.494. The monoisotopic (exact) mass is 557 g/mol. The van der Waals surface area contributed by atoms with Crippen molar-refractivity contribution in [2.24, 2.45) is 50.7 Å². The van der Waals surface area contributed by atoms with Crippen molar-refractivity contribution in [1.29, 1.82) is 0 Å². The number of carbonyl (C=O) groups excluding carboxylic acids is 2. The molecule has 0 aromatic heterocycles. The number of hydrogen-bond acceptors (Lipinski definition) is 6. The van der Waals surface area contributed by atoms with Crippen molar-refractivity contribution in [3.05, 3.63) is 21.3 Å². The van der Waals surface area contributed by atoms with Crippen LogP contribution in [0.1, 0.15) is 113 Å². The minimum Gasteiger partial charge on any atom is -0.462 e. The number of fused-ring (bicyclic) bond motifs is 7. The number of rotatable bonds is 5. The average molecular weight is 558 g/mol. The van der Waals surface area contributed by atoms with Crippen molar-refractivity contribution in [2.45, 2.75) is 125 Å². The summed E-state index contributed by atoms with van der Waals surface area (Å²) in [6.45, 7) is 17.2. The van der Waals surface area contributed by atoms with Crippen molar-refractivity contribution < 1.29 is 24.4 Å². The Morgan fingerprint density at radius 2 is 1.68 bits per heavy atom. The second-order valence-electron chi connectivity index (χ2n) is 15.8. The highest BCUT2D eigenvalue weighted by atomic mass is 16.6. The first-order valence-electron chi connectivity index (χ1n) is 15.7. The molecule has 0 spiro atoms. The van der Waals surface area contributed by atoms with Gasteiger partial charge >= 0.3 is 5.97 Å². The van der Waals surface area contributed by atoms with Crippen LogP contribution < -0.4 is 0 Å². The molecule has 9 atom stereocenters. The van der Waals surface area contributed by atoms with Gasteiger partial charge < -0.3 is 9.84 Å². The molecule has 0 radical (unpaired) electrons. The molecule has 1 N–H and O–H groups in total. The Kier molecular flexibility index (Phi) is 6.96. The highest BCUT2D eigenvalue weighted by molar-refractivity contribution is 6.00. The van der Waals surface area contributed by atoms with Gasteiger partial charge in [-0.15, -0.1) is 0 Å². The molecule has 7 nitrogen and oxygen atoms in total. The van der Waals surface area contributed by atoms with Gasteiger partial charge in [0.2, 0.25) is 6.54 Å². The number of nitro groups is 1. The first kappa shape index (κ1) is 29.7. The van der Waals surface area contributed by atoms with Crippen LogP contribution in [-0.2, 0) is 14.3 Å². The smallest absolute Gasteiger partial charge is 0.302 e. The van der Waals surface area contributed by atoms with Gasteiger partial charge in [0.15, 0.2) is 5.78 Å². The minimum absolute atomic E-state index is 0.0330. The predicted molar refractivity (Wildman–Crippen MR) is 153 cm³/mol. The van der Waals surface area contributed by atoms with Crippen molar-refractivity contribution >= 4 is 11.8 Å². The predicted octanol–water partition coefficient (Wildman–Crippen LogP) is 6.54. The van der Waals surface area contributed by atoms with Crippen LogP contribution in [0.25, 0.3) is 0 Å². The van der Waals surface area contributed by atoms with Crippen LogP contribution in [0.5, 0.6) is 0 Å². The van der Waals surface area contributed by atoms with E-state index >= 15 is 0 Å². The van der Waals surface area contributed by atoms with E-state index in [-0.39, 0.29) is 57.8 Å². The highest BCUT2D eigenvalue weighted by Crippen LogP contribution is 2.77. The molecule has 0 amide bonds. The van der Waals surface area contributed by atoms with Crippen molar-refractivity contribution in [2.75, 3.05) is 6.54 Å². The lowest BCUT2D eigenvalue weighted by atomic mass is 9.33. The number of hydrogen-bond donors (Lipinski definition) is 1. The van der Waals surface area contributed by atoms with E-state index < -0.39 is 23.0 Å². The van der Waals surface area contributed by atoms with Crippen LogP contribution in [0.3, 0.4) is 0 Å². The number of carbonyl (C=O) groups is 2. The summed E-state index contributed by atoms with van der Waals surface area (Å²) in [5.41, 5.74) is 1.15. The molecule has 5 aliphatic rings. The quantitative estimate of drug-likeness (QED) is 0.234. The Balaban J connectivity index is 1.56. The molecule has 5 rings (SSSR count). The van der Waals surface area contributed by atoms with Crippen molar-refractivity contribution in [1.82, 2.24) is 0 Å². The Hall–Kier alpha value is -1.76. The zero-order valence-corrected chi connectivity index (χ0v) is 26.0. The van der Waals surface area contributed by atoms with E-state index in [1.165, 1.54) is 6.92 Å². The molecule has 4 fully saturated rings. The largest absolute Gasteiger partial charge is 0.462 e. The molecule has 0 aliphatic heterocycles. The average Bonchev–Trinajstić information content (AvgIpc) is 3.14. The number of aliphatic hydroxyl groups excluding tert-OH is 1. The third-order valence-electron chi connectivity index (χ3n) is 13.7. The maximum absolute atomic E-state index is 13.6. The number of nitrogens with zero attached hydrogens (tertiary/aromatic N) is 1. The third-order valence-corrected chi connectivity index (χ3v) is 13.7. The summed E-state index contributed by atoms with van der Waals surface area (Å²) < 4.78 is 5.87. The summed E-state index contributed by atoms with van der Waals surface area (Å²) in [7, 11) is 0. The van der Waals surface area contributed by atoms with E-state index in [1.807, 2.05) is 0 Å². The molecule has 4 saturated carbocycles. The summed E-state index contributed by atoms with van der Waals surface area (Å²) >= 11 is 0. The fourth-order valence-corrected chi connectivity index (χ4v) is 11.8. The van der Waals surface area contributed by atoms with Gasteiger partial charge in [0.25, 0.3) is 0 Å². The molecule has 0 aromatic rings. The molecule has 5 aliphatic carbocycles. The maximum Gasteiger partial charge on any atom is 0.302 e. The van der Waals surface area contributed by atoms with Crippen LogP contribution in [0, 0.1) is 60.9 Å². The van der Waals surface area contributed by atoms with Gasteiger partial charge in [0.05, 0.1) is 0 Å².